The first-order valence-electron chi connectivity index (χ1n) is 9.08. The molecule has 1 aliphatic heterocycles. The van der Waals surface area contributed by atoms with Crippen molar-refractivity contribution in [1.82, 2.24) is 10.3 Å². The summed E-state index contributed by atoms with van der Waals surface area (Å²) in [7, 11) is 0. The molecule has 2 unspecified atom stereocenters. The topological polar surface area (TPSA) is 54.4 Å². The Morgan fingerprint density at radius 2 is 1.88 bits per heavy atom. The Labute approximate surface area is 153 Å². The van der Waals surface area contributed by atoms with Gasteiger partial charge in [-0.3, -0.25) is 4.98 Å². The molecule has 2 atom stereocenters. The zero-order valence-electron chi connectivity index (χ0n) is 15.1. The summed E-state index contributed by atoms with van der Waals surface area (Å²) in [6, 6.07) is 18.1. The van der Waals surface area contributed by atoms with Crippen LogP contribution in [0.15, 0.2) is 60.8 Å². The number of aliphatic hydroxyl groups is 1. The van der Waals surface area contributed by atoms with Gasteiger partial charge in [0.2, 0.25) is 0 Å². The largest absolute Gasteiger partial charge is 0.485 e. The van der Waals surface area contributed by atoms with Gasteiger partial charge >= 0.3 is 0 Å². The van der Waals surface area contributed by atoms with Gasteiger partial charge < -0.3 is 15.2 Å². The van der Waals surface area contributed by atoms with Gasteiger partial charge in [0.15, 0.2) is 0 Å². The van der Waals surface area contributed by atoms with Crippen molar-refractivity contribution in [3.63, 3.8) is 0 Å². The van der Waals surface area contributed by atoms with Crippen LogP contribution in [0.25, 0.3) is 10.9 Å². The van der Waals surface area contributed by atoms with Crippen molar-refractivity contribution in [1.29, 1.82) is 0 Å². The highest BCUT2D eigenvalue weighted by Crippen LogP contribution is 2.43. The van der Waals surface area contributed by atoms with E-state index in [2.05, 4.69) is 34.6 Å². The molecule has 0 fully saturated rings. The zero-order chi connectivity index (χ0) is 18.1. The predicted molar refractivity (Wildman–Crippen MR) is 103 cm³/mol. The van der Waals surface area contributed by atoms with Gasteiger partial charge in [0.25, 0.3) is 0 Å². The number of rotatable bonds is 4. The second-order valence-corrected chi connectivity index (χ2v) is 7.37. The first-order valence-corrected chi connectivity index (χ1v) is 9.08. The van der Waals surface area contributed by atoms with Crippen LogP contribution in [0.4, 0.5) is 0 Å². The Morgan fingerprint density at radius 1 is 1.08 bits per heavy atom. The number of hydrogen-bond donors (Lipinski definition) is 2. The summed E-state index contributed by atoms with van der Waals surface area (Å²) in [4.78, 5) is 4.45. The number of nitrogens with one attached hydrogen (secondary N) is 1. The van der Waals surface area contributed by atoms with Gasteiger partial charge in [-0.2, -0.15) is 0 Å². The molecular formula is C22H24N2O2. The number of aliphatic hydroxyl groups excluding tert-OH is 1. The third kappa shape index (κ3) is 3.06. The van der Waals surface area contributed by atoms with E-state index in [1.807, 2.05) is 44.2 Å². The molecule has 4 heteroatoms. The van der Waals surface area contributed by atoms with E-state index in [1.54, 1.807) is 6.20 Å². The second kappa shape index (κ2) is 6.71. The minimum Gasteiger partial charge on any atom is -0.485 e. The molecule has 2 N–H and O–H groups in total. The Balaban J connectivity index is 1.67. The van der Waals surface area contributed by atoms with Gasteiger partial charge in [0.05, 0.1) is 11.6 Å². The number of fused-ring (bicyclic) bond motifs is 3. The third-order valence-electron chi connectivity index (χ3n) is 5.12. The summed E-state index contributed by atoms with van der Waals surface area (Å²) >= 11 is 0. The molecule has 0 radical (unpaired) electrons. The quantitative estimate of drug-likeness (QED) is 0.756. The SMILES string of the molecule is CC1(C)Oc2ccc3ncccc3c2C(NCCc2ccccc2)C1O. The van der Waals surface area contributed by atoms with Crippen LogP contribution in [0.5, 0.6) is 5.75 Å². The van der Waals surface area contributed by atoms with E-state index in [0.29, 0.717) is 0 Å². The minimum absolute atomic E-state index is 0.203. The molecule has 1 aromatic heterocycles. The first-order chi connectivity index (χ1) is 12.6. The highest BCUT2D eigenvalue weighted by molar-refractivity contribution is 5.85. The van der Waals surface area contributed by atoms with Crippen LogP contribution in [-0.2, 0) is 6.42 Å². The Hall–Kier alpha value is -2.43. The van der Waals surface area contributed by atoms with Crippen molar-refractivity contribution in [2.45, 2.75) is 38.0 Å². The van der Waals surface area contributed by atoms with E-state index in [0.717, 1.165) is 35.2 Å². The van der Waals surface area contributed by atoms with Crippen molar-refractivity contribution in [2.24, 2.45) is 0 Å². The Bertz CT molecular complexity index is 908. The fourth-order valence-corrected chi connectivity index (χ4v) is 3.70. The lowest BCUT2D eigenvalue weighted by molar-refractivity contribution is -0.0638. The number of ether oxygens (including phenoxy) is 1. The maximum atomic E-state index is 11.0. The summed E-state index contributed by atoms with van der Waals surface area (Å²) in [5, 5.41) is 15.6. The molecular weight excluding hydrogens is 324 g/mol. The lowest BCUT2D eigenvalue weighted by Gasteiger charge is -2.43. The average Bonchev–Trinajstić information content (AvgIpc) is 2.65. The highest BCUT2D eigenvalue weighted by Gasteiger charge is 2.43. The van der Waals surface area contributed by atoms with Crippen molar-refractivity contribution < 1.29 is 9.84 Å². The van der Waals surface area contributed by atoms with Crippen molar-refractivity contribution in [2.75, 3.05) is 6.54 Å². The standard InChI is InChI=1S/C22H24N2O2/c1-22(2)21(25)20(24-14-12-15-7-4-3-5-8-15)19-16-9-6-13-23-17(16)10-11-18(19)26-22/h3-11,13,20-21,24-25H,12,14H2,1-2H3. The summed E-state index contributed by atoms with van der Waals surface area (Å²) in [6.45, 7) is 4.64. The molecule has 0 saturated carbocycles. The predicted octanol–water partition coefficient (Wildman–Crippen LogP) is 3.64. The van der Waals surface area contributed by atoms with Crippen LogP contribution >= 0.6 is 0 Å². The second-order valence-electron chi connectivity index (χ2n) is 7.37. The van der Waals surface area contributed by atoms with E-state index in [9.17, 15) is 5.11 Å². The van der Waals surface area contributed by atoms with Gasteiger partial charge in [-0.15, -0.1) is 0 Å². The van der Waals surface area contributed by atoms with Gasteiger partial charge in [-0.1, -0.05) is 36.4 Å². The van der Waals surface area contributed by atoms with Crippen molar-refractivity contribution in [3.05, 3.63) is 71.9 Å². The van der Waals surface area contributed by atoms with Gasteiger partial charge in [-0.25, -0.2) is 0 Å². The average molecular weight is 348 g/mol. The fraction of sp³-hybridized carbons (Fsp3) is 0.318. The normalized spacial score (nSPS) is 21.2. The summed E-state index contributed by atoms with van der Waals surface area (Å²) in [6.07, 6.45) is 2.04. The van der Waals surface area contributed by atoms with E-state index in [-0.39, 0.29) is 6.04 Å². The molecule has 26 heavy (non-hydrogen) atoms. The molecule has 0 amide bonds. The van der Waals surface area contributed by atoms with E-state index in [4.69, 9.17) is 4.74 Å². The fourth-order valence-electron chi connectivity index (χ4n) is 3.70. The highest BCUT2D eigenvalue weighted by atomic mass is 16.5. The minimum atomic E-state index is -0.659. The molecule has 2 aromatic carbocycles. The number of benzene rings is 2. The molecule has 1 aliphatic rings. The molecule has 4 rings (SSSR count). The first kappa shape index (κ1) is 17.0. The van der Waals surface area contributed by atoms with Crippen LogP contribution in [0, 0.1) is 0 Å². The third-order valence-corrected chi connectivity index (χ3v) is 5.12. The van der Waals surface area contributed by atoms with Gasteiger partial charge in [0, 0.05) is 17.1 Å². The van der Waals surface area contributed by atoms with Crippen LogP contribution in [0.3, 0.4) is 0 Å². The van der Waals surface area contributed by atoms with Crippen LogP contribution in [-0.4, -0.2) is 28.3 Å². The maximum absolute atomic E-state index is 11.0. The molecule has 2 heterocycles. The van der Waals surface area contributed by atoms with E-state index >= 15 is 0 Å². The summed E-state index contributed by atoms with van der Waals surface area (Å²) in [5.41, 5.74) is 2.53. The molecule has 0 saturated heterocycles. The Kier molecular flexibility index (Phi) is 4.39. The van der Waals surface area contributed by atoms with Crippen LogP contribution in [0.2, 0.25) is 0 Å². The van der Waals surface area contributed by atoms with E-state index in [1.165, 1.54) is 5.56 Å². The van der Waals surface area contributed by atoms with Crippen LogP contribution < -0.4 is 10.1 Å². The molecule has 4 nitrogen and oxygen atoms in total. The molecule has 134 valence electrons. The van der Waals surface area contributed by atoms with E-state index < -0.39 is 11.7 Å². The molecule has 3 aromatic rings. The number of nitrogens with zero attached hydrogens (tertiary/aromatic N) is 1. The summed E-state index contributed by atoms with van der Waals surface area (Å²) in [5.74, 6) is 0.818. The molecule has 0 spiro atoms. The maximum Gasteiger partial charge on any atom is 0.131 e. The Morgan fingerprint density at radius 3 is 2.69 bits per heavy atom. The number of hydrogen-bond acceptors (Lipinski definition) is 4. The molecule has 0 aliphatic carbocycles. The summed E-state index contributed by atoms with van der Waals surface area (Å²) < 4.78 is 6.12. The molecule has 0 bridgehead atoms. The lowest BCUT2D eigenvalue weighted by Crippen LogP contribution is -2.52. The zero-order valence-corrected chi connectivity index (χ0v) is 15.1. The van der Waals surface area contributed by atoms with Crippen molar-refractivity contribution in [3.8, 4) is 5.75 Å². The lowest BCUT2D eigenvalue weighted by atomic mass is 9.84. The van der Waals surface area contributed by atoms with Crippen molar-refractivity contribution >= 4 is 10.9 Å². The smallest absolute Gasteiger partial charge is 0.131 e. The number of aromatic nitrogens is 1. The monoisotopic (exact) mass is 348 g/mol. The number of pyridine rings is 1. The van der Waals surface area contributed by atoms with Gasteiger partial charge in [-0.05, 0) is 50.6 Å². The van der Waals surface area contributed by atoms with Gasteiger partial charge in [0.1, 0.15) is 17.5 Å². The van der Waals surface area contributed by atoms with Crippen LogP contribution in [0.1, 0.15) is 31.0 Å².